The van der Waals surface area contributed by atoms with E-state index in [1.807, 2.05) is 52.0 Å². The second-order valence-electron chi connectivity index (χ2n) is 7.15. The molecule has 0 fully saturated rings. The fourth-order valence-corrected chi connectivity index (χ4v) is 2.24. The Morgan fingerprint density at radius 1 is 0.926 bits per heavy atom. The van der Waals surface area contributed by atoms with E-state index in [1.54, 1.807) is 24.3 Å². The predicted molar refractivity (Wildman–Crippen MR) is 109 cm³/mol. The normalized spacial score (nSPS) is 10.8. The minimum absolute atomic E-state index is 0.0816. The quantitative estimate of drug-likeness (QED) is 0.686. The zero-order chi connectivity index (χ0) is 19.9. The van der Waals surface area contributed by atoms with Gasteiger partial charge in [-0.3, -0.25) is 9.59 Å². The van der Waals surface area contributed by atoms with Gasteiger partial charge in [-0.25, -0.2) is 0 Å². The number of hydrogen-bond acceptors (Lipinski definition) is 4. The summed E-state index contributed by atoms with van der Waals surface area (Å²) in [6, 6.07) is 14.5. The van der Waals surface area contributed by atoms with Gasteiger partial charge in [0.05, 0.1) is 13.2 Å². The minimum atomic E-state index is -0.487. The summed E-state index contributed by atoms with van der Waals surface area (Å²) in [5, 5.41) is 8.74. The van der Waals surface area contributed by atoms with Gasteiger partial charge < -0.3 is 20.7 Å². The molecule has 2 amide bonds. The third-order valence-electron chi connectivity index (χ3n) is 3.68. The molecule has 0 aromatic heterocycles. The second-order valence-corrected chi connectivity index (χ2v) is 7.15. The Bertz CT molecular complexity index is 797. The lowest BCUT2D eigenvalue weighted by Crippen LogP contribution is -2.27. The maximum absolute atomic E-state index is 12.2. The highest BCUT2D eigenvalue weighted by atomic mass is 16.5. The van der Waals surface area contributed by atoms with Crippen LogP contribution < -0.4 is 20.7 Å². The van der Waals surface area contributed by atoms with Crippen molar-refractivity contribution >= 4 is 28.9 Å². The molecule has 0 spiro atoms. The standard InChI is InChI=1S/C21H27N3O3/c1-5-27-18-11-7-8-15(13-18)22-14-19(25)23-16-9-6-10-17(12-16)24-20(26)21(2,3)4/h6-13,22H,5,14H2,1-4H3,(H,23,25)(H,24,26). The number of amides is 2. The van der Waals surface area contributed by atoms with E-state index in [-0.39, 0.29) is 18.4 Å². The van der Waals surface area contributed by atoms with Gasteiger partial charge in [0.2, 0.25) is 11.8 Å². The van der Waals surface area contributed by atoms with Gasteiger partial charge in [-0.1, -0.05) is 32.9 Å². The fourth-order valence-electron chi connectivity index (χ4n) is 2.24. The molecule has 144 valence electrons. The Balaban J connectivity index is 1.91. The van der Waals surface area contributed by atoms with Crippen LogP contribution in [-0.2, 0) is 9.59 Å². The molecule has 2 aromatic rings. The van der Waals surface area contributed by atoms with Gasteiger partial charge in [-0.15, -0.1) is 0 Å². The van der Waals surface area contributed by atoms with Crippen molar-refractivity contribution in [1.29, 1.82) is 0 Å². The average molecular weight is 369 g/mol. The summed E-state index contributed by atoms with van der Waals surface area (Å²) in [4.78, 5) is 24.3. The number of ether oxygens (including phenoxy) is 1. The number of carbonyl (C=O) groups is 2. The van der Waals surface area contributed by atoms with Crippen LogP contribution in [0.5, 0.6) is 5.75 Å². The molecule has 0 atom stereocenters. The Kier molecular flexibility index (Phi) is 6.82. The number of rotatable bonds is 7. The highest BCUT2D eigenvalue weighted by Gasteiger charge is 2.21. The molecule has 0 radical (unpaired) electrons. The molecule has 0 aliphatic heterocycles. The maximum atomic E-state index is 12.2. The molecule has 27 heavy (non-hydrogen) atoms. The molecule has 2 rings (SSSR count). The van der Waals surface area contributed by atoms with E-state index in [1.165, 1.54) is 0 Å². The smallest absolute Gasteiger partial charge is 0.243 e. The van der Waals surface area contributed by atoms with Crippen molar-refractivity contribution in [2.45, 2.75) is 27.7 Å². The van der Waals surface area contributed by atoms with Crippen LogP contribution in [0.15, 0.2) is 48.5 Å². The number of carbonyl (C=O) groups excluding carboxylic acids is 2. The summed E-state index contributed by atoms with van der Waals surface area (Å²) < 4.78 is 5.44. The molecule has 0 saturated heterocycles. The summed E-state index contributed by atoms with van der Waals surface area (Å²) in [6.07, 6.45) is 0. The summed E-state index contributed by atoms with van der Waals surface area (Å²) in [6.45, 7) is 8.17. The molecule has 0 unspecified atom stereocenters. The lowest BCUT2D eigenvalue weighted by molar-refractivity contribution is -0.123. The van der Waals surface area contributed by atoms with E-state index in [0.29, 0.717) is 18.0 Å². The van der Waals surface area contributed by atoms with Crippen LogP contribution in [0.25, 0.3) is 0 Å². The van der Waals surface area contributed by atoms with Crippen molar-refractivity contribution in [2.75, 3.05) is 29.1 Å². The molecular weight excluding hydrogens is 342 g/mol. The first-order chi connectivity index (χ1) is 12.8. The van der Waals surface area contributed by atoms with Crippen molar-refractivity contribution in [3.63, 3.8) is 0 Å². The third kappa shape index (κ3) is 6.66. The van der Waals surface area contributed by atoms with Crippen molar-refractivity contribution in [3.05, 3.63) is 48.5 Å². The van der Waals surface area contributed by atoms with Crippen LogP contribution >= 0.6 is 0 Å². The van der Waals surface area contributed by atoms with Crippen molar-refractivity contribution in [2.24, 2.45) is 5.41 Å². The molecule has 0 bridgehead atoms. The molecule has 0 aliphatic carbocycles. The van der Waals surface area contributed by atoms with Crippen LogP contribution in [0.1, 0.15) is 27.7 Å². The number of nitrogens with one attached hydrogen (secondary N) is 3. The maximum Gasteiger partial charge on any atom is 0.243 e. The summed E-state index contributed by atoms with van der Waals surface area (Å²) in [5.41, 5.74) is 1.59. The lowest BCUT2D eigenvalue weighted by atomic mass is 9.95. The topological polar surface area (TPSA) is 79.5 Å². The van der Waals surface area contributed by atoms with Gasteiger partial charge in [-0.05, 0) is 37.3 Å². The van der Waals surface area contributed by atoms with E-state index in [9.17, 15) is 9.59 Å². The first kappa shape index (κ1) is 20.3. The largest absolute Gasteiger partial charge is 0.494 e. The Labute approximate surface area is 160 Å². The van der Waals surface area contributed by atoms with Crippen molar-refractivity contribution in [3.8, 4) is 5.75 Å². The van der Waals surface area contributed by atoms with E-state index < -0.39 is 5.41 Å². The van der Waals surface area contributed by atoms with E-state index in [0.717, 1.165) is 11.4 Å². The highest BCUT2D eigenvalue weighted by molar-refractivity contribution is 5.97. The summed E-state index contributed by atoms with van der Waals surface area (Å²) in [5.74, 6) is 0.489. The molecule has 2 aromatic carbocycles. The van der Waals surface area contributed by atoms with E-state index in [4.69, 9.17) is 4.74 Å². The van der Waals surface area contributed by atoms with Crippen molar-refractivity contribution in [1.82, 2.24) is 0 Å². The van der Waals surface area contributed by atoms with Crippen LogP contribution in [0.3, 0.4) is 0 Å². The molecule has 0 aliphatic rings. The first-order valence-corrected chi connectivity index (χ1v) is 8.96. The van der Waals surface area contributed by atoms with Crippen molar-refractivity contribution < 1.29 is 14.3 Å². The Hall–Kier alpha value is -3.02. The molecule has 6 nitrogen and oxygen atoms in total. The van der Waals surface area contributed by atoms with Gasteiger partial charge >= 0.3 is 0 Å². The zero-order valence-corrected chi connectivity index (χ0v) is 16.3. The van der Waals surface area contributed by atoms with E-state index in [2.05, 4.69) is 16.0 Å². The van der Waals surface area contributed by atoms with Gasteiger partial charge in [0, 0.05) is 28.5 Å². The monoisotopic (exact) mass is 369 g/mol. The summed E-state index contributed by atoms with van der Waals surface area (Å²) in [7, 11) is 0. The van der Waals surface area contributed by atoms with Gasteiger partial charge in [0.1, 0.15) is 5.75 Å². The molecule has 3 N–H and O–H groups in total. The number of anilines is 3. The van der Waals surface area contributed by atoms with E-state index >= 15 is 0 Å². The Morgan fingerprint density at radius 3 is 2.22 bits per heavy atom. The zero-order valence-electron chi connectivity index (χ0n) is 16.3. The van der Waals surface area contributed by atoms with Gasteiger partial charge in [0.25, 0.3) is 0 Å². The second kappa shape index (κ2) is 9.07. The third-order valence-corrected chi connectivity index (χ3v) is 3.68. The highest BCUT2D eigenvalue weighted by Crippen LogP contribution is 2.20. The molecular formula is C21H27N3O3. The molecule has 6 heteroatoms. The summed E-state index contributed by atoms with van der Waals surface area (Å²) >= 11 is 0. The fraction of sp³-hybridized carbons (Fsp3) is 0.333. The molecule has 0 saturated carbocycles. The number of benzene rings is 2. The van der Waals surface area contributed by atoms with Crippen LogP contribution in [0.4, 0.5) is 17.1 Å². The SMILES string of the molecule is CCOc1cccc(NCC(=O)Nc2cccc(NC(=O)C(C)(C)C)c2)c1. The predicted octanol–water partition coefficient (Wildman–Crippen LogP) is 4.12. The molecule has 0 heterocycles. The van der Waals surface area contributed by atoms with Gasteiger partial charge in [0.15, 0.2) is 0 Å². The number of hydrogen-bond donors (Lipinski definition) is 3. The van der Waals surface area contributed by atoms with Crippen LogP contribution in [0.2, 0.25) is 0 Å². The van der Waals surface area contributed by atoms with Crippen LogP contribution in [-0.4, -0.2) is 25.0 Å². The first-order valence-electron chi connectivity index (χ1n) is 8.96. The minimum Gasteiger partial charge on any atom is -0.494 e. The van der Waals surface area contributed by atoms with Gasteiger partial charge in [-0.2, -0.15) is 0 Å². The Morgan fingerprint density at radius 2 is 1.56 bits per heavy atom. The van der Waals surface area contributed by atoms with Crippen LogP contribution in [0, 0.1) is 5.41 Å². The average Bonchev–Trinajstić information content (AvgIpc) is 2.60. The lowest BCUT2D eigenvalue weighted by Gasteiger charge is -2.18.